The molecule has 1 aromatic heterocycles. The van der Waals surface area contributed by atoms with E-state index in [1.807, 2.05) is 6.07 Å². The van der Waals surface area contributed by atoms with Crippen molar-refractivity contribution in [2.75, 3.05) is 18.0 Å². The number of aliphatic hydroxyl groups is 1. The van der Waals surface area contributed by atoms with E-state index in [1.165, 1.54) is 12.4 Å². The SMILES string of the molecule is N#C[C@@H]1CCN(c2ncnc3ccc(C(F)(F)F)cc23)C[C@H]1O. The maximum atomic E-state index is 12.9. The summed E-state index contributed by atoms with van der Waals surface area (Å²) in [4.78, 5) is 9.78. The number of halogens is 3. The zero-order chi connectivity index (χ0) is 16.6. The number of benzene rings is 1. The molecule has 2 aromatic rings. The number of rotatable bonds is 1. The number of nitrogens with zero attached hydrogens (tertiary/aromatic N) is 4. The Labute approximate surface area is 130 Å². The molecule has 0 saturated carbocycles. The zero-order valence-corrected chi connectivity index (χ0v) is 12.0. The van der Waals surface area contributed by atoms with Crippen molar-refractivity contribution in [3.63, 3.8) is 0 Å². The molecular formula is C15H13F3N4O. The number of aromatic nitrogens is 2. The third-order valence-electron chi connectivity index (χ3n) is 3.99. The van der Waals surface area contributed by atoms with Gasteiger partial charge in [0.1, 0.15) is 12.1 Å². The standard InChI is InChI=1S/C15H13F3N4O/c16-15(17,18)10-1-2-12-11(5-10)14(21-8-20-12)22-4-3-9(6-19)13(23)7-22/h1-2,5,8-9,13,23H,3-4,7H2/t9-,13+/m0/s1. The smallest absolute Gasteiger partial charge is 0.390 e. The van der Waals surface area contributed by atoms with Crippen molar-refractivity contribution in [1.82, 2.24) is 9.97 Å². The van der Waals surface area contributed by atoms with Crippen LogP contribution in [0.1, 0.15) is 12.0 Å². The summed E-state index contributed by atoms with van der Waals surface area (Å²) in [7, 11) is 0. The average Bonchev–Trinajstić information content (AvgIpc) is 2.53. The highest BCUT2D eigenvalue weighted by atomic mass is 19.4. The third kappa shape index (κ3) is 2.92. The van der Waals surface area contributed by atoms with Crippen molar-refractivity contribution in [1.29, 1.82) is 5.26 Å². The largest absolute Gasteiger partial charge is 0.416 e. The van der Waals surface area contributed by atoms with Gasteiger partial charge in [0.25, 0.3) is 0 Å². The summed E-state index contributed by atoms with van der Waals surface area (Å²) in [5.41, 5.74) is -0.367. The highest BCUT2D eigenvalue weighted by Gasteiger charge is 2.32. The number of alkyl halides is 3. The van der Waals surface area contributed by atoms with E-state index in [0.717, 1.165) is 12.1 Å². The summed E-state index contributed by atoms with van der Waals surface area (Å²) in [6.45, 7) is 0.595. The van der Waals surface area contributed by atoms with Crippen molar-refractivity contribution < 1.29 is 18.3 Å². The second-order valence-electron chi connectivity index (χ2n) is 5.46. The van der Waals surface area contributed by atoms with Gasteiger partial charge in [-0.2, -0.15) is 18.4 Å². The molecule has 23 heavy (non-hydrogen) atoms. The van der Waals surface area contributed by atoms with Gasteiger partial charge in [-0.3, -0.25) is 0 Å². The third-order valence-corrected chi connectivity index (χ3v) is 3.99. The van der Waals surface area contributed by atoms with E-state index < -0.39 is 23.8 Å². The average molecular weight is 322 g/mol. The molecule has 0 radical (unpaired) electrons. The Kier molecular flexibility index (Phi) is 3.82. The molecule has 0 spiro atoms. The van der Waals surface area contributed by atoms with Crippen LogP contribution in [-0.2, 0) is 6.18 Å². The molecule has 0 aliphatic carbocycles. The van der Waals surface area contributed by atoms with Gasteiger partial charge in [-0.15, -0.1) is 0 Å². The lowest BCUT2D eigenvalue weighted by Crippen LogP contribution is -2.43. The monoisotopic (exact) mass is 322 g/mol. The van der Waals surface area contributed by atoms with Crippen molar-refractivity contribution >= 4 is 16.7 Å². The van der Waals surface area contributed by atoms with Gasteiger partial charge in [0, 0.05) is 18.5 Å². The molecular weight excluding hydrogens is 309 g/mol. The van der Waals surface area contributed by atoms with E-state index in [-0.39, 0.29) is 11.9 Å². The molecule has 2 heterocycles. The minimum absolute atomic E-state index is 0.153. The van der Waals surface area contributed by atoms with Crippen LogP contribution < -0.4 is 4.90 Å². The molecule has 0 bridgehead atoms. The number of anilines is 1. The molecule has 1 saturated heterocycles. The first-order chi connectivity index (χ1) is 10.9. The van der Waals surface area contributed by atoms with Crippen molar-refractivity contribution in [2.45, 2.75) is 18.7 Å². The van der Waals surface area contributed by atoms with Gasteiger partial charge in [0.15, 0.2) is 0 Å². The molecule has 1 aliphatic rings. The number of fused-ring (bicyclic) bond motifs is 1. The number of β-amino-alcohol motifs (C(OH)–C–C–N with tert-alkyl or cyclic N) is 1. The summed E-state index contributed by atoms with van der Waals surface area (Å²) in [6.07, 6.45) is -3.59. The summed E-state index contributed by atoms with van der Waals surface area (Å²) in [6, 6.07) is 5.34. The summed E-state index contributed by atoms with van der Waals surface area (Å²) in [5.74, 6) is -0.123. The molecule has 0 unspecified atom stereocenters. The van der Waals surface area contributed by atoms with Crippen LogP contribution in [0.2, 0.25) is 0 Å². The minimum Gasteiger partial charge on any atom is -0.390 e. The lowest BCUT2D eigenvalue weighted by Gasteiger charge is -2.34. The fraction of sp³-hybridized carbons (Fsp3) is 0.400. The molecule has 8 heteroatoms. The summed E-state index contributed by atoms with van der Waals surface area (Å²) in [5, 5.41) is 19.2. The Morgan fingerprint density at radius 2 is 2.09 bits per heavy atom. The molecule has 0 amide bonds. The second kappa shape index (κ2) is 5.66. The van der Waals surface area contributed by atoms with Gasteiger partial charge < -0.3 is 10.0 Å². The molecule has 1 aromatic carbocycles. The Bertz CT molecular complexity index is 771. The van der Waals surface area contributed by atoms with Crippen molar-refractivity contribution in [3.8, 4) is 6.07 Å². The predicted molar refractivity (Wildman–Crippen MR) is 76.5 cm³/mol. The maximum absolute atomic E-state index is 12.9. The Balaban J connectivity index is 2.02. The van der Waals surface area contributed by atoms with Crippen LogP contribution in [0.5, 0.6) is 0 Å². The predicted octanol–water partition coefficient (Wildman–Crippen LogP) is 2.36. The highest BCUT2D eigenvalue weighted by Crippen LogP contribution is 2.34. The van der Waals surface area contributed by atoms with E-state index in [9.17, 15) is 18.3 Å². The normalized spacial score (nSPS) is 22.1. The number of piperidine rings is 1. The molecule has 120 valence electrons. The van der Waals surface area contributed by atoms with Gasteiger partial charge in [-0.1, -0.05) is 0 Å². The van der Waals surface area contributed by atoms with Crippen LogP contribution in [0.3, 0.4) is 0 Å². The van der Waals surface area contributed by atoms with Crippen LogP contribution in [0.25, 0.3) is 10.9 Å². The van der Waals surface area contributed by atoms with Crippen LogP contribution in [0.4, 0.5) is 19.0 Å². The minimum atomic E-state index is -4.45. The lowest BCUT2D eigenvalue weighted by atomic mass is 9.95. The highest BCUT2D eigenvalue weighted by molar-refractivity contribution is 5.90. The van der Waals surface area contributed by atoms with Crippen LogP contribution >= 0.6 is 0 Å². The molecule has 1 N–H and O–H groups in total. The molecule has 1 fully saturated rings. The summed E-state index contributed by atoms with van der Waals surface area (Å²) >= 11 is 0. The Morgan fingerprint density at radius 3 is 2.74 bits per heavy atom. The van der Waals surface area contributed by atoms with Crippen molar-refractivity contribution in [3.05, 3.63) is 30.1 Å². The molecule has 2 atom stereocenters. The zero-order valence-electron chi connectivity index (χ0n) is 12.0. The lowest BCUT2D eigenvalue weighted by molar-refractivity contribution is -0.137. The molecule has 5 nitrogen and oxygen atoms in total. The number of nitriles is 1. The van der Waals surface area contributed by atoms with E-state index in [0.29, 0.717) is 24.3 Å². The first-order valence-electron chi connectivity index (χ1n) is 7.04. The molecule has 3 rings (SSSR count). The van der Waals surface area contributed by atoms with E-state index in [1.54, 1.807) is 4.90 Å². The maximum Gasteiger partial charge on any atom is 0.416 e. The van der Waals surface area contributed by atoms with Crippen LogP contribution in [0, 0.1) is 17.2 Å². The Hall–Kier alpha value is -2.40. The van der Waals surface area contributed by atoms with Gasteiger partial charge in [-0.25, -0.2) is 9.97 Å². The molecule has 1 aliphatic heterocycles. The summed E-state index contributed by atoms with van der Waals surface area (Å²) < 4.78 is 38.8. The first kappa shape index (κ1) is 15.5. The van der Waals surface area contributed by atoms with Crippen LogP contribution in [0.15, 0.2) is 24.5 Å². The van der Waals surface area contributed by atoms with E-state index >= 15 is 0 Å². The van der Waals surface area contributed by atoms with Crippen LogP contribution in [-0.4, -0.2) is 34.3 Å². The topological polar surface area (TPSA) is 73.0 Å². The van der Waals surface area contributed by atoms with Gasteiger partial charge in [0.2, 0.25) is 0 Å². The first-order valence-corrected chi connectivity index (χ1v) is 7.04. The quantitative estimate of drug-likeness (QED) is 0.872. The number of hydrogen-bond donors (Lipinski definition) is 1. The number of hydrogen-bond acceptors (Lipinski definition) is 5. The number of aliphatic hydroxyl groups excluding tert-OH is 1. The van der Waals surface area contributed by atoms with Crippen molar-refractivity contribution in [2.24, 2.45) is 5.92 Å². The fourth-order valence-corrected chi connectivity index (χ4v) is 2.75. The van der Waals surface area contributed by atoms with Gasteiger partial charge in [-0.05, 0) is 24.6 Å². The van der Waals surface area contributed by atoms with Gasteiger partial charge in [0.05, 0.1) is 29.2 Å². The van der Waals surface area contributed by atoms with Gasteiger partial charge >= 0.3 is 6.18 Å². The van der Waals surface area contributed by atoms with E-state index in [2.05, 4.69) is 9.97 Å². The fourth-order valence-electron chi connectivity index (χ4n) is 2.75. The Morgan fingerprint density at radius 1 is 1.30 bits per heavy atom. The van der Waals surface area contributed by atoms with E-state index in [4.69, 9.17) is 5.26 Å². The second-order valence-corrected chi connectivity index (χ2v) is 5.46.